The quantitative estimate of drug-likeness (QED) is 0.597. The molecular weight excluding hydrogens is 296 g/mol. The molecule has 1 saturated heterocycles. The van der Waals surface area contributed by atoms with E-state index in [9.17, 15) is 0 Å². The average molecular weight is 318 g/mol. The van der Waals surface area contributed by atoms with Gasteiger partial charge in [-0.25, -0.2) is 0 Å². The van der Waals surface area contributed by atoms with E-state index < -0.39 is 0 Å². The Bertz CT molecular complexity index is 567. The van der Waals surface area contributed by atoms with Crippen LogP contribution in [0.5, 0.6) is 0 Å². The first kappa shape index (κ1) is 15.5. The smallest absolute Gasteiger partial charge is 0.230 e. The SMILES string of the molecule is CCCCSN1CCC(c2nc(-c3ccncc3)no2)CC1. The lowest BCUT2D eigenvalue weighted by Crippen LogP contribution is -2.28. The van der Waals surface area contributed by atoms with Gasteiger partial charge in [-0.2, -0.15) is 4.98 Å². The van der Waals surface area contributed by atoms with Crippen LogP contribution in [0.1, 0.15) is 44.4 Å². The Hall–Kier alpha value is -1.40. The van der Waals surface area contributed by atoms with Crippen molar-refractivity contribution in [3.8, 4) is 11.4 Å². The van der Waals surface area contributed by atoms with E-state index in [1.54, 1.807) is 12.4 Å². The fourth-order valence-electron chi connectivity index (χ4n) is 2.59. The maximum absolute atomic E-state index is 5.49. The first-order valence-corrected chi connectivity index (χ1v) is 8.93. The van der Waals surface area contributed by atoms with Crippen LogP contribution >= 0.6 is 11.9 Å². The molecule has 1 aliphatic rings. The van der Waals surface area contributed by atoms with Gasteiger partial charge in [0.15, 0.2) is 0 Å². The van der Waals surface area contributed by atoms with E-state index in [-0.39, 0.29) is 0 Å². The highest BCUT2D eigenvalue weighted by atomic mass is 32.2. The summed E-state index contributed by atoms with van der Waals surface area (Å²) in [7, 11) is 0. The van der Waals surface area contributed by atoms with Gasteiger partial charge in [-0.05, 0) is 31.4 Å². The second-order valence-electron chi connectivity index (χ2n) is 5.58. The van der Waals surface area contributed by atoms with Gasteiger partial charge >= 0.3 is 0 Å². The molecule has 0 unspecified atom stereocenters. The van der Waals surface area contributed by atoms with Gasteiger partial charge in [-0.15, -0.1) is 0 Å². The molecule has 0 spiro atoms. The van der Waals surface area contributed by atoms with Gasteiger partial charge in [0, 0.05) is 42.7 Å². The fraction of sp³-hybridized carbons (Fsp3) is 0.562. The highest BCUT2D eigenvalue weighted by Gasteiger charge is 2.25. The van der Waals surface area contributed by atoms with Gasteiger partial charge in [0.2, 0.25) is 11.7 Å². The lowest BCUT2D eigenvalue weighted by atomic mass is 9.98. The molecule has 0 aliphatic carbocycles. The van der Waals surface area contributed by atoms with Crippen LogP contribution in [0, 0.1) is 0 Å². The molecule has 118 valence electrons. The summed E-state index contributed by atoms with van der Waals surface area (Å²) >= 11 is 1.98. The predicted molar refractivity (Wildman–Crippen MR) is 88.4 cm³/mol. The minimum atomic E-state index is 0.395. The predicted octanol–water partition coefficient (Wildman–Crippen LogP) is 3.76. The summed E-state index contributed by atoms with van der Waals surface area (Å²) in [4.78, 5) is 8.59. The van der Waals surface area contributed by atoms with E-state index in [0.29, 0.717) is 11.7 Å². The van der Waals surface area contributed by atoms with Gasteiger partial charge in [0.1, 0.15) is 0 Å². The molecule has 3 rings (SSSR count). The normalized spacial score (nSPS) is 17.0. The molecule has 0 atom stereocenters. The van der Waals surface area contributed by atoms with Crippen LogP contribution in [-0.4, -0.2) is 38.3 Å². The minimum absolute atomic E-state index is 0.395. The maximum Gasteiger partial charge on any atom is 0.230 e. The fourth-order valence-corrected chi connectivity index (χ4v) is 3.73. The van der Waals surface area contributed by atoms with E-state index in [1.807, 2.05) is 24.1 Å². The van der Waals surface area contributed by atoms with Gasteiger partial charge < -0.3 is 4.52 Å². The molecule has 2 aromatic rings. The summed E-state index contributed by atoms with van der Waals surface area (Å²) in [5.74, 6) is 3.07. The Kier molecular flexibility index (Phi) is 5.45. The van der Waals surface area contributed by atoms with Crippen molar-refractivity contribution in [2.45, 2.75) is 38.5 Å². The third-order valence-corrected chi connectivity index (χ3v) is 5.16. The van der Waals surface area contributed by atoms with E-state index in [0.717, 1.165) is 37.4 Å². The summed E-state index contributed by atoms with van der Waals surface area (Å²) in [5, 5.41) is 4.11. The highest BCUT2D eigenvalue weighted by Crippen LogP contribution is 2.30. The van der Waals surface area contributed by atoms with E-state index in [1.165, 1.54) is 18.6 Å². The monoisotopic (exact) mass is 318 g/mol. The van der Waals surface area contributed by atoms with Crippen LogP contribution in [-0.2, 0) is 0 Å². The molecule has 0 radical (unpaired) electrons. The van der Waals surface area contributed by atoms with Crippen LogP contribution in [0.25, 0.3) is 11.4 Å². The number of rotatable bonds is 6. The zero-order valence-electron chi connectivity index (χ0n) is 12.9. The molecule has 2 aromatic heterocycles. The lowest BCUT2D eigenvalue weighted by Gasteiger charge is -2.29. The Labute approximate surface area is 135 Å². The number of nitrogens with zero attached hydrogens (tertiary/aromatic N) is 4. The van der Waals surface area contributed by atoms with E-state index >= 15 is 0 Å². The Balaban J connectivity index is 1.55. The molecule has 0 saturated carbocycles. The first-order valence-electron chi connectivity index (χ1n) is 7.98. The van der Waals surface area contributed by atoms with Crippen LogP contribution in [0.4, 0.5) is 0 Å². The summed E-state index contributed by atoms with van der Waals surface area (Å²) in [6.45, 7) is 4.45. The van der Waals surface area contributed by atoms with Crippen molar-refractivity contribution in [2.24, 2.45) is 0 Å². The Morgan fingerprint density at radius 1 is 1.27 bits per heavy atom. The van der Waals surface area contributed by atoms with Crippen molar-refractivity contribution >= 4 is 11.9 Å². The van der Waals surface area contributed by atoms with Crippen molar-refractivity contribution in [1.29, 1.82) is 0 Å². The van der Waals surface area contributed by atoms with Crippen molar-refractivity contribution in [2.75, 3.05) is 18.8 Å². The number of hydrogen-bond acceptors (Lipinski definition) is 6. The van der Waals surface area contributed by atoms with Crippen molar-refractivity contribution in [1.82, 2.24) is 19.4 Å². The molecule has 1 aliphatic heterocycles. The van der Waals surface area contributed by atoms with E-state index in [4.69, 9.17) is 4.52 Å². The van der Waals surface area contributed by atoms with Gasteiger partial charge in [-0.3, -0.25) is 9.29 Å². The third kappa shape index (κ3) is 3.87. The zero-order chi connectivity index (χ0) is 15.2. The topological polar surface area (TPSA) is 55.1 Å². The van der Waals surface area contributed by atoms with Crippen LogP contribution in [0.15, 0.2) is 29.0 Å². The Morgan fingerprint density at radius 3 is 2.77 bits per heavy atom. The Morgan fingerprint density at radius 2 is 2.05 bits per heavy atom. The zero-order valence-corrected chi connectivity index (χ0v) is 13.8. The summed E-state index contributed by atoms with van der Waals surface area (Å²) in [6.07, 6.45) is 8.25. The highest BCUT2D eigenvalue weighted by molar-refractivity contribution is 7.97. The number of piperidine rings is 1. The van der Waals surface area contributed by atoms with Crippen LogP contribution < -0.4 is 0 Å². The maximum atomic E-state index is 5.49. The summed E-state index contributed by atoms with van der Waals surface area (Å²) in [6, 6.07) is 3.81. The molecule has 0 N–H and O–H groups in total. The molecular formula is C16H22N4OS. The van der Waals surface area contributed by atoms with E-state index in [2.05, 4.69) is 26.4 Å². The molecule has 22 heavy (non-hydrogen) atoms. The van der Waals surface area contributed by atoms with Crippen molar-refractivity contribution < 1.29 is 4.52 Å². The summed E-state index contributed by atoms with van der Waals surface area (Å²) < 4.78 is 7.96. The number of aromatic nitrogens is 3. The van der Waals surface area contributed by atoms with Gasteiger partial charge in [0.25, 0.3) is 0 Å². The molecule has 5 nitrogen and oxygen atoms in total. The summed E-state index contributed by atoms with van der Waals surface area (Å²) in [5.41, 5.74) is 0.956. The second-order valence-corrected chi connectivity index (χ2v) is 6.77. The largest absolute Gasteiger partial charge is 0.339 e. The molecule has 0 amide bonds. The molecule has 0 aromatic carbocycles. The second kappa shape index (κ2) is 7.74. The molecule has 6 heteroatoms. The first-order chi connectivity index (χ1) is 10.9. The molecule has 0 bridgehead atoms. The number of pyridine rings is 1. The lowest BCUT2D eigenvalue weighted by molar-refractivity contribution is 0.282. The molecule has 3 heterocycles. The van der Waals surface area contributed by atoms with Gasteiger partial charge in [0.05, 0.1) is 0 Å². The number of unbranched alkanes of at least 4 members (excludes halogenated alkanes) is 1. The van der Waals surface area contributed by atoms with Crippen LogP contribution in [0.2, 0.25) is 0 Å². The van der Waals surface area contributed by atoms with Gasteiger partial charge in [-0.1, -0.05) is 30.4 Å². The third-order valence-electron chi connectivity index (χ3n) is 3.96. The minimum Gasteiger partial charge on any atom is -0.339 e. The molecule has 1 fully saturated rings. The average Bonchev–Trinajstić information content (AvgIpc) is 3.07. The number of hydrogen-bond donors (Lipinski definition) is 0. The van der Waals surface area contributed by atoms with Crippen molar-refractivity contribution in [3.05, 3.63) is 30.4 Å². The van der Waals surface area contributed by atoms with Crippen LogP contribution in [0.3, 0.4) is 0 Å². The standard InChI is InChI=1S/C16H22N4OS/c1-2-3-12-22-20-10-6-14(7-11-20)16-18-15(19-21-16)13-4-8-17-9-5-13/h4-5,8-9,14H,2-3,6-7,10-12H2,1H3. The van der Waals surface area contributed by atoms with Crippen molar-refractivity contribution in [3.63, 3.8) is 0 Å².